The molecule has 0 amide bonds. The van der Waals surface area contributed by atoms with E-state index in [0.717, 1.165) is 31.6 Å². The zero-order valence-electron chi connectivity index (χ0n) is 11.6. The van der Waals surface area contributed by atoms with Crippen LogP contribution in [0.15, 0.2) is 24.3 Å². The maximum Gasteiger partial charge on any atom is 0.122 e. The normalized spacial score (nSPS) is 21.0. The molecule has 18 heavy (non-hydrogen) atoms. The summed E-state index contributed by atoms with van der Waals surface area (Å²) >= 11 is 0. The zero-order valence-corrected chi connectivity index (χ0v) is 11.6. The first kappa shape index (κ1) is 13.4. The lowest BCUT2D eigenvalue weighted by Gasteiger charge is -2.34. The standard InChI is InChI=1S/C16H24O2/c1-4-16(2,3)15(17)11-12-9-10-18-14-8-6-5-7-13(12)14/h5-8,12,15,17H,4,9-11H2,1-3H3. The third-order valence-electron chi connectivity index (χ3n) is 4.40. The Kier molecular flexibility index (Phi) is 3.96. The maximum atomic E-state index is 10.4. The predicted molar refractivity (Wildman–Crippen MR) is 74.0 cm³/mol. The molecule has 100 valence electrons. The van der Waals surface area contributed by atoms with Crippen LogP contribution in [0.3, 0.4) is 0 Å². The first-order chi connectivity index (χ1) is 8.54. The summed E-state index contributed by atoms with van der Waals surface area (Å²) in [5.74, 6) is 1.42. The molecule has 2 rings (SSSR count). The number of hydrogen-bond acceptors (Lipinski definition) is 2. The molecular weight excluding hydrogens is 224 g/mol. The molecule has 0 saturated heterocycles. The maximum absolute atomic E-state index is 10.4. The van der Waals surface area contributed by atoms with Crippen LogP contribution in [-0.2, 0) is 0 Å². The Morgan fingerprint density at radius 3 is 2.83 bits per heavy atom. The van der Waals surface area contributed by atoms with E-state index in [9.17, 15) is 5.11 Å². The minimum Gasteiger partial charge on any atom is -0.493 e. The van der Waals surface area contributed by atoms with E-state index in [4.69, 9.17) is 4.74 Å². The fourth-order valence-electron chi connectivity index (χ4n) is 2.48. The summed E-state index contributed by atoms with van der Waals surface area (Å²) in [7, 11) is 0. The molecule has 1 aliphatic heterocycles. The van der Waals surface area contributed by atoms with Crippen molar-refractivity contribution in [1.82, 2.24) is 0 Å². The van der Waals surface area contributed by atoms with Gasteiger partial charge >= 0.3 is 0 Å². The molecule has 0 bridgehead atoms. The minimum atomic E-state index is -0.251. The quantitative estimate of drug-likeness (QED) is 0.879. The Labute approximate surface area is 110 Å². The monoisotopic (exact) mass is 248 g/mol. The van der Waals surface area contributed by atoms with E-state index in [2.05, 4.69) is 32.9 Å². The van der Waals surface area contributed by atoms with Gasteiger partial charge in [0.05, 0.1) is 12.7 Å². The number of aliphatic hydroxyl groups excluding tert-OH is 1. The van der Waals surface area contributed by atoms with Crippen molar-refractivity contribution in [1.29, 1.82) is 0 Å². The average Bonchev–Trinajstić information content (AvgIpc) is 2.39. The largest absolute Gasteiger partial charge is 0.493 e. The second-order valence-corrected chi connectivity index (χ2v) is 5.97. The molecule has 0 aromatic heterocycles. The molecule has 2 unspecified atom stereocenters. The molecule has 0 radical (unpaired) electrons. The van der Waals surface area contributed by atoms with Gasteiger partial charge in [-0.1, -0.05) is 39.0 Å². The molecule has 0 aliphatic carbocycles. The second-order valence-electron chi connectivity index (χ2n) is 5.97. The van der Waals surface area contributed by atoms with Gasteiger partial charge in [-0.2, -0.15) is 0 Å². The Morgan fingerprint density at radius 2 is 2.11 bits per heavy atom. The first-order valence-electron chi connectivity index (χ1n) is 6.94. The van der Waals surface area contributed by atoms with Crippen molar-refractivity contribution in [2.75, 3.05) is 6.61 Å². The van der Waals surface area contributed by atoms with Crippen LogP contribution in [0, 0.1) is 5.41 Å². The molecule has 2 nitrogen and oxygen atoms in total. The molecule has 0 saturated carbocycles. The Morgan fingerprint density at radius 1 is 1.39 bits per heavy atom. The highest BCUT2D eigenvalue weighted by Crippen LogP contribution is 2.39. The molecule has 1 aromatic rings. The van der Waals surface area contributed by atoms with Gasteiger partial charge in [-0.05, 0) is 42.2 Å². The topological polar surface area (TPSA) is 29.5 Å². The number of ether oxygens (including phenoxy) is 1. The van der Waals surface area contributed by atoms with Gasteiger partial charge in [-0.3, -0.25) is 0 Å². The summed E-state index contributed by atoms with van der Waals surface area (Å²) in [5.41, 5.74) is 1.25. The van der Waals surface area contributed by atoms with Crippen molar-refractivity contribution in [2.45, 2.75) is 52.1 Å². The molecular formula is C16H24O2. The summed E-state index contributed by atoms with van der Waals surface area (Å²) in [6.45, 7) is 7.19. The van der Waals surface area contributed by atoms with Crippen LogP contribution in [0.5, 0.6) is 5.75 Å². The van der Waals surface area contributed by atoms with E-state index < -0.39 is 0 Å². The lowest BCUT2D eigenvalue weighted by atomic mass is 9.77. The van der Waals surface area contributed by atoms with E-state index in [-0.39, 0.29) is 11.5 Å². The minimum absolute atomic E-state index is 0.00670. The van der Waals surface area contributed by atoms with Gasteiger partial charge < -0.3 is 9.84 Å². The predicted octanol–water partition coefficient (Wildman–Crippen LogP) is 3.74. The Bertz CT molecular complexity index is 398. The number of fused-ring (bicyclic) bond motifs is 1. The van der Waals surface area contributed by atoms with Gasteiger partial charge in [0.25, 0.3) is 0 Å². The Hall–Kier alpha value is -1.02. The molecule has 2 heteroatoms. The summed E-state index contributed by atoms with van der Waals surface area (Å²) in [6, 6.07) is 8.22. The number of rotatable bonds is 4. The molecule has 1 heterocycles. The Balaban J connectivity index is 2.12. The van der Waals surface area contributed by atoms with Crippen LogP contribution < -0.4 is 4.74 Å². The van der Waals surface area contributed by atoms with Crippen molar-refractivity contribution < 1.29 is 9.84 Å². The molecule has 1 aliphatic rings. The lowest BCUT2D eigenvalue weighted by Crippen LogP contribution is -2.31. The lowest BCUT2D eigenvalue weighted by molar-refractivity contribution is 0.0312. The van der Waals surface area contributed by atoms with Crippen molar-refractivity contribution in [2.24, 2.45) is 5.41 Å². The number of benzene rings is 1. The van der Waals surface area contributed by atoms with Crippen LogP contribution in [-0.4, -0.2) is 17.8 Å². The average molecular weight is 248 g/mol. The van der Waals surface area contributed by atoms with Gasteiger partial charge in [-0.15, -0.1) is 0 Å². The number of hydrogen-bond donors (Lipinski definition) is 1. The van der Waals surface area contributed by atoms with E-state index in [1.165, 1.54) is 5.56 Å². The van der Waals surface area contributed by atoms with Crippen LogP contribution in [0.1, 0.15) is 51.5 Å². The van der Waals surface area contributed by atoms with Crippen molar-refractivity contribution in [3.63, 3.8) is 0 Å². The summed E-state index contributed by atoms with van der Waals surface area (Å²) in [6.07, 6.45) is 2.59. The van der Waals surface area contributed by atoms with E-state index in [1.54, 1.807) is 0 Å². The molecule has 0 spiro atoms. The van der Waals surface area contributed by atoms with Gasteiger partial charge in [-0.25, -0.2) is 0 Å². The molecule has 1 N–H and O–H groups in total. The molecule has 2 atom stereocenters. The van der Waals surface area contributed by atoms with Crippen molar-refractivity contribution in [3.05, 3.63) is 29.8 Å². The summed E-state index contributed by atoms with van der Waals surface area (Å²) in [5, 5.41) is 10.4. The highest BCUT2D eigenvalue weighted by atomic mass is 16.5. The number of para-hydroxylation sites is 1. The van der Waals surface area contributed by atoms with Crippen LogP contribution >= 0.6 is 0 Å². The third-order valence-corrected chi connectivity index (χ3v) is 4.40. The highest BCUT2D eigenvalue weighted by Gasteiger charge is 2.31. The number of aliphatic hydroxyl groups is 1. The van der Waals surface area contributed by atoms with E-state index in [0.29, 0.717) is 5.92 Å². The SMILES string of the molecule is CCC(C)(C)C(O)CC1CCOc2ccccc21. The van der Waals surface area contributed by atoms with E-state index >= 15 is 0 Å². The molecule has 1 aromatic carbocycles. The highest BCUT2D eigenvalue weighted by molar-refractivity contribution is 5.37. The van der Waals surface area contributed by atoms with Crippen LogP contribution in [0.4, 0.5) is 0 Å². The molecule has 0 fully saturated rings. The fraction of sp³-hybridized carbons (Fsp3) is 0.625. The summed E-state index contributed by atoms with van der Waals surface area (Å²) in [4.78, 5) is 0. The van der Waals surface area contributed by atoms with Crippen LogP contribution in [0.25, 0.3) is 0 Å². The fourth-order valence-corrected chi connectivity index (χ4v) is 2.48. The van der Waals surface area contributed by atoms with Crippen LogP contribution in [0.2, 0.25) is 0 Å². The zero-order chi connectivity index (χ0) is 13.2. The smallest absolute Gasteiger partial charge is 0.122 e. The van der Waals surface area contributed by atoms with Crippen molar-refractivity contribution >= 4 is 0 Å². The van der Waals surface area contributed by atoms with E-state index in [1.807, 2.05) is 12.1 Å². The van der Waals surface area contributed by atoms with Gasteiger partial charge in [0, 0.05) is 0 Å². The summed E-state index contributed by atoms with van der Waals surface area (Å²) < 4.78 is 5.67. The van der Waals surface area contributed by atoms with Gasteiger partial charge in [0.1, 0.15) is 5.75 Å². The van der Waals surface area contributed by atoms with Crippen molar-refractivity contribution in [3.8, 4) is 5.75 Å². The third kappa shape index (κ3) is 2.69. The first-order valence-corrected chi connectivity index (χ1v) is 6.94. The second kappa shape index (κ2) is 5.31. The van der Waals surface area contributed by atoms with Gasteiger partial charge in [0.15, 0.2) is 0 Å². The van der Waals surface area contributed by atoms with Gasteiger partial charge in [0.2, 0.25) is 0 Å².